The average molecular weight is 357 g/mol. The third-order valence-electron chi connectivity index (χ3n) is 2.82. The summed E-state index contributed by atoms with van der Waals surface area (Å²) < 4.78 is 10.4. The zero-order valence-electron chi connectivity index (χ0n) is 11.9. The molecule has 0 aliphatic carbocycles. The largest absolute Gasteiger partial charge is 0.493 e. The predicted molar refractivity (Wildman–Crippen MR) is 95.9 cm³/mol. The van der Waals surface area contributed by atoms with Gasteiger partial charge in [-0.15, -0.1) is 0 Å². The highest BCUT2D eigenvalue weighted by atomic mass is 35.5. The molecule has 2 aromatic carbocycles. The van der Waals surface area contributed by atoms with E-state index in [0.29, 0.717) is 32.3 Å². The summed E-state index contributed by atoms with van der Waals surface area (Å²) in [7, 11) is 3.15. The minimum Gasteiger partial charge on any atom is -0.493 e. The SMILES string of the molecule is COc1ccc(NC(=S)Nc2cc(Cl)ccc2Cl)cc1OC. The molecule has 0 aliphatic heterocycles. The van der Waals surface area contributed by atoms with Gasteiger partial charge in [0.2, 0.25) is 0 Å². The van der Waals surface area contributed by atoms with E-state index in [1.54, 1.807) is 44.6 Å². The van der Waals surface area contributed by atoms with E-state index in [-0.39, 0.29) is 0 Å². The van der Waals surface area contributed by atoms with Crippen molar-refractivity contribution >= 4 is 51.9 Å². The number of anilines is 2. The number of hydrogen-bond donors (Lipinski definition) is 2. The van der Waals surface area contributed by atoms with E-state index < -0.39 is 0 Å². The Balaban J connectivity index is 2.10. The molecule has 0 atom stereocenters. The second-order valence-corrected chi connectivity index (χ2v) is 5.52. The molecule has 0 spiro atoms. The van der Waals surface area contributed by atoms with Crippen LogP contribution in [0.4, 0.5) is 11.4 Å². The first kappa shape index (κ1) is 16.7. The second-order valence-electron chi connectivity index (χ2n) is 4.27. The number of ether oxygens (including phenoxy) is 2. The Morgan fingerprint density at radius 2 is 1.68 bits per heavy atom. The molecule has 0 aliphatic rings. The van der Waals surface area contributed by atoms with E-state index in [1.807, 2.05) is 6.07 Å². The number of benzene rings is 2. The molecule has 0 fully saturated rings. The van der Waals surface area contributed by atoms with Gasteiger partial charge in [-0.25, -0.2) is 0 Å². The van der Waals surface area contributed by atoms with Crippen LogP contribution in [0.3, 0.4) is 0 Å². The molecule has 116 valence electrons. The lowest BCUT2D eigenvalue weighted by Crippen LogP contribution is -2.19. The predicted octanol–water partition coefficient (Wildman–Crippen LogP) is 4.82. The van der Waals surface area contributed by atoms with Crippen LogP contribution in [0.25, 0.3) is 0 Å². The lowest BCUT2D eigenvalue weighted by Gasteiger charge is -2.14. The van der Waals surface area contributed by atoms with E-state index >= 15 is 0 Å². The summed E-state index contributed by atoms with van der Waals surface area (Å²) in [6.07, 6.45) is 0. The van der Waals surface area contributed by atoms with Crippen molar-refractivity contribution < 1.29 is 9.47 Å². The first-order valence-electron chi connectivity index (χ1n) is 6.28. The van der Waals surface area contributed by atoms with Gasteiger partial charge in [-0.1, -0.05) is 23.2 Å². The normalized spacial score (nSPS) is 10.0. The molecule has 2 N–H and O–H groups in total. The molecule has 22 heavy (non-hydrogen) atoms. The van der Waals surface area contributed by atoms with Gasteiger partial charge in [-0.3, -0.25) is 0 Å². The third kappa shape index (κ3) is 4.16. The molecule has 0 bridgehead atoms. The van der Waals surface area contributed by atoms with E-state index in [0.717, 1.165) is 5.69 Å². The number of methoxy groups -OCH3 is 2. The average Bonchev–Trinajstić information content (AvgIpc) is 2.50. The van der Waals surface area contributed by atoms with Gasteiger partial charge in [-0.05, 0) is 42.5 Å². The Bertz CT molecular complexity index is 695. The molecule has 2 aromatic rings. The first-order valence-corrected chi connectivity index (χ1v) is 7.45. The molecule has 4 nitrogen and oxygen atoms in total. The molecule has 7 heteroatoms. The summed E-state index contributed by atoms with van der Waals surface area (Å²) in [4.78, 5) is 0. The highest BCUT2D eigenvalue weighted by Gasteiger charge is 2.07. The van der Waals surface area contributed by atoms with Crippen molar-refractivity contribution in [2.75, 3.05) is 24.9 Å². The minimum absolute atomic E-state index is 0.386. The van der Waals surface area contributed by atoms with Crippen LogP contribution in [0.15, 0.2) is 36.4 Å². The van der Waals surface area contributed by atoms with E-state index in [9.17, 15) is 0 Å². The van der Waals surface area contributed by atoms with E-state index in [1.165, 1.54) is 0 Å². The van der Waals surface area contributed by atoms with Crippen LogP contribution >= 0.6 is 35.4 Å². The zero-order chi connectivity index (χ0) is 16.1. The lowest BCUT2D eigenvalue weighted by atomic mass is 10.2. The topological polar surface area (TPSA) is 42.5 Å². The number of halogens is 2. The Hall–Kier alpha value is -1.69. The van der Waals surface area contributed by atoms with Gasteiger partial charge in [0.25, 0.3) is 0 Å². The summed E-state index contributed by atoms with van der Waals surface area (Å²) >= 11 is 17.3. The Morgan fingerprint density at radius 3 is 2.36 bits per heavy atom. The maximum Gasteiger partial charge on any atom is 0.175 e. The molecular weight excluding hydrogens is 343 g/mol. The molecule has 0 radical (unpaired) electrons. The van der Waals surface area contributed by atoms with Crippen LogP contribution in [0.5, 0.6) is 11.5 Å². The van der Waals surface area contributed by atoms with Crippen molar-refractivity contribution in [3.05, 3.63) is 46.4 Å². The van der Waals surface area contributed by atoms with Crippen LogP contribution in [-0.2, 0) is 0 Å². The van der Waals surface area contributed by atoms with Crippen molar-refractivity contribution in [3.8, 4) is 11.5 Å². The van der Waals surface area contributed by atoms with Crippen LogP contribution < -0.4 is 20.1 Å². The lowest BCUT2D eigenvalue weighted by molar-refractivity contribution is 0.355. The molecule has 0 saturated carbocycles. The summed E-state index contributed by atoms with van der Waals surface area (Å²) in [6, 6.07) is 10.5. The Labute approximate surface area is 144 Å². The van der Waals surface area contributed by atoms with Crippen LogP contribution in [0.2, 0.25) is 10.0 Å². The third-order valence-corrected chi connectivity index (χ3v) is 3.59. The smallest absolute Gasteiger partial charge is 0.175 e. The van der Waals surface area contributed by atoms with E-state index in [2.05, 4.69) is 10.6 Å². The van der Waals surface area contributed by atoms with Crippen LogP contribution in [0, 0.1) is 0 Å². The molecule has 0 amide bonds. The van der Waals surface area contributed by atoms with Gasteiger partial charge in [0.05, 0.1) is 24.9 Å². The standard InChI is InChI=1S/C15H14Cl2N2O2S/c1-20-13-6-4-10(8-14(13)21-2)18-15(22)19-12-7-9(16)3-5-11(12)17/h3-8H,1-2H3,(H2,18,19,22). The van der Waals surface area contributed by atoms with Crippen molar-refractivity contribution in [2.45, 2.75) is 0 Å². The quantitative estimate of drug-likeness (QED) is 0.768. The fourth-order valence-electron chi connectivity index (χ4n) is 1.79. The van der Waals surface area contributed by atoms with Crippen molar-refractivity contribution in [3.63, 3.8) is 0 Å². The highest BCUT2D eigenvalue weighted by molar-refractivity contribution is 7.80. The molecule has 0 heterocycles. The molecule has 2 rings (SSSR count). The monoisotopic (exact) mass is 356 g/mol. The van der Waals surface area contributed by atoms with Crippen molar-refractivity contribution in [1.29, 1.82) is 0 Å². The van der Waals surface area contributed by atoms with Gasteiger partial charge in [0, 0.05) is 16.8 Å². The van der Waals surface area contributed by atoms with Crippen molar-refractivity contribution in [1.82, 2.24) is 0 Å². The summed E-state index contributed by atoms with van der Waals surface area (Å²) in [5, 5.41) is 7.53. The molecule has 0 unspecified atom stereocenters. The number of nitrogens with one attached hydrogen (secondary N) is 2. The maximum absolute atomic E-state index is 6.09. The molecular formula is C15H14Cl2N2O2S. The summed E-state index contributed by atoms with van der Waals surface area (Å²) in [6.45, 7) is 0. The molecule has 0 aromatic heterocycles. The Kier molecular flexibility index (Phi) is 5.71. The maximum atomic E-state index is 6.09. The number of hydrogen-bond acceptors (Lipinski definition) is 3. The van der Waals surface area contributed by atoms with Crippen LogP contribution in [-0.4, -0.2) is 19.3 Å². The van der Waals surface area contributed by atoms with Gasteiger partial charge in [0.1, 0.15) is 0 Å². The van der Waals surface area contributed by atoms with Gasteiger partial charge in [0.15, 0.2) is 16.6 Å². The van der Waals surface area contributed by atoms with Gasteiger partial charge >= 0.3 is 0 Å². The van der Waals surface area contributed by atoms with E-state index in [4.69, 9.17) is 44.9 Å². The Morgan fingerprint density at radius 1 is 0.955 bits per heavy atom. The highest BCUT2D eigenvalue weighted by Crippen LogP contribution is 2.30. The second kappa shape index (κ2) is 7.54. The fraction of sp³-hybridized carbons (Fsp3) is 0.133. The summed E-state index contributed by atoms with van der Waals surface area (Å²) in [5.74, 6) is 1.25. The number of thiocarbonyl (C=S) groups is 1. The number of rotatable bonds is 4. The van der Waals surface area contributed by atoms with Crippen LogP contribution in [0.1, 0.15) is 0 Å². The van der Waals surface area contributed by atoms with Gasteiger partial charge < -0.3 is 20.1 Å². The zero-order valence-corrected chi connectivity index (χ0v) is 14.3. The van der Waals surface area contributed by atoms with Gasteiger partial charge in [-0.2, -0.15) is 0 Å². The summed E-state index contributed by atoms with van der Waals surface area (Å²) in [5.41, 5.74) is 1.39. The first-order chi connectivity index (χ1) is 10.5. The fourth-order valence-corrected chi connectivity index (χ4v) is 2.36. The van der Waals surface area contributed by atoms with Crippen molar-refractivity contribution in [2.24, 2.45) is 0 Å². The minimum atomic E-state index is 0.386. The molecule has 0 saturated heterocycles.